The van der Waals surface area contributed by atoms with Crippen molar-refractivity contribution in [1.29, 1.82) is 0 Å². The molecule has 0 amide bonds. The SMILES string of the molecule is CCCCCCC(CC)O[Si](C)(C)c1c(F)c(F)c(F)c(F)c1F. The molecule has 1 aromatic carbocycles. The molecule has 1 rings (SSSR count). The van der Waals surface area contributed by atoms with E-state index in [0.717, 1.165) is 25.7 Å². The van der Waals surface area contributed by atoms with E-state index in [0.29, 0.717) is 12.8 Å². The van der Waals surface area contributed by atoms with Gasteiger partial charge >= 0.3 is 0 Å². The molecule has 0 bridgehead atoms. The number of rotatable bonds is 9. The number of halogens is 5. The Morgan fingerprint density at radius 3 is 1.75 bits per heavy atom. The van der Waals surface area contributed by atoms with Crippen molar-refractivity contribution < 1.29 is 26.4 Å². The van der Waals surface area contributed by atoms with Gasteiger partial charge < -0.3 is 4.43 Å². The molecule has 1 unspecified atom stereocenters. The molecule has 138 valence electrons. The van der Waals surface area contributed by atoms with Crippen molar-refractivity contribution in [1.82, 2.24) is 0 Å². The molecule has 0 N–H and O–H groups in total. The Morgan fingerprint density at radius 2 is 1.29 bits per heavy atom. The third kappa shape index (κ3) is 4.78. The fourth-order valence-electron chi connectivity index (χ4n) is 2.75. The van der Waals surface area contributed by atoms with E-state index >= 15 is 0 Å². The molecule has 0 spiro atoms. The standard InChI is InChI=1S/C17H25F5OSi/c1-5-7-8-9-10-11(6-2)23-24(3,4)17-15(21)13(19)12(18)14(20)16(17)22/h11H,5-10H2,1-4H3. The van der Waals surface area contributed by atoms with Gasteiger partial charge in [0, 0.05) is 11.3 Å². The maximum Gasteiger partial charge on any atom is 0.225 e. The van der Waals surface area contributed by atoms with E-state index in [2.05, 4.69) is 6.92 Å². The molecule has 0 heterocycles. The van der Waals surface area contributed by atoms with Crippen molar-refractivity contribution >= 4 is 13.5 Å². The zero-order valence-corrected chi connectivity index (χ0v) is 15.6. The van der Waals surface area contributed by atoms with Crippen molar-refractivity contribution in [2.24, 2.45) is 0 Å². The predicted octanol–water partition coefficient (Wildman–Crippen LogP) is 5.56. The summed E-state index contributed by atoms with van der Waals surface area (Å²) < 4.78 is 74.0. The molecule has 0 aromatic heterocycles. The van der Waals surface area contributed by atoms with E-state index in [-0.39, 0.29) is 6.10 Å². The maximum atomic E-state index is 14.0. The van der Waals surface area contributed by atoms with E-state index < -0.39 is 42.6 Å². The highest BCUT2D eigenvalue weighted by Gasteiger charge is 2.39. The second-order valence-electron chi connectivity index (χ2n) is 6.45. The van der Waals surface area contributed by atoms with Crippen molar-refractivity contribution in [3.8, 4) is 0 Å². The largest absolute Gasteiger partial charge is 0.410 e. The van der Waals surface area contributed by atoms with Crippen LogP contribution in [0.15, 0.2) is 0 Å². The number of unbranched alkanes of at least 4 members (excludes halogenated alkanes) is 3. The normalized spacial score (nSPS) is 13.4. The van der Waals surface area contributed by atoms with Crippen LogP contribution in [0, 0.1) is 29.1 Å². The van der Waals surface area contributed by atoms with Gasteiger partial charge in [-0.3, -0.25) is 0 Å². The van der Waals surface area contributed by atoms with Crippen molar-refractivity contribution in [2.45, 2.75) is 71.6 Å². The number of hydrogen-bond acceptors (Lipinski definition) is 1. The fraction of sp³-hybridized carbons (Fsp3) is 0.647. The van der Waals surface area contributed by atoms with E-state index in [1.54, 1.807) is 0 Å². The van der Waals surface area contributed by atoms with E-state index in [9.17, 15) is 22.0 Å². The third-order valence-corrected chi connectivity index (χ3v) is 6.67. The first-order valence-electron chi connectivity index (χ1n) is 8.37. The molecular formula is C17H25F5OSi. The lowest BCUT2D eigenvalue weighted by Gasteiger charge is -2.30. The van der Waals surface area contributed by atoms with Crippen LogP contribution in [0.3, 0.4) is 0 Å². The highest BCUT2D eigenvalue weighted by molar-refractivity contribution is 6.84. The van der Waals surface area contributed by atoms with Crippen LogP contribution in [0.1, 0.15) is 52.4 Å². The Labute approximate surface area is 141 Å². The second kappa shape index (κ2) is 8.94. The summed E-state index contributed by atoms with van der Waals surface area (Å²) in [6.45, 7) is 6.89. The molecule has 1 atom stereocenters. The topological polar surface area (TPSA) is 9.23 Å². The highest BCUT2D eigenvalue weighted by atomic mass is 28.4. The molecule has 1 aromatic rings. The van der Waals surface area contributed by atoms with Crippen LogP contribution in [0.25, 0.3) is 0 Å². The fourth-order valence-corrected chi connectivity index (χ4v) is 5.27. The van der Waals surface area contributed by atoms with Crippen LogP contribution >= 0.6 is 0 Å². The number of hydrogen-bond donors (Lipinski definition) is 0. The zero-order chi connectivity index (χ0) is 18.5. The van der Waals surface area contributed by atoms with Gasteiger partial charge in [-0.2, -0.15) is 0 Å². The predicted molar refractivity (Wildman–Crippen MR) is 87.3 cm³/mol. The Kier molecular flexibility index (Phi) is 7.86. The molecular weight excluding hydrogens is 343 g/mol. The Balaban J connectivity index is 3.03. The molecule has 7 heteroatoms. The highest BCUT2D eigenvalue weighted by Crippen LogP contribution is 2.23. The van der Waals surface area contributed by atoms with Crippen LogP contribution in [-0.2, 0) is 4.43 Å². The first-order valence-corrected chi connectivity index (χ1v) is 11.3. The molecule has 0 saturated carbocycles. The molecule has 0 aliphatic rings. The molecule has 0 saturated heterocycles. The van der Waals surface area contributed by atoms with Gasteiger partial charge in [-0.25, -0.2) is 22.0 Å². The summed E-state index contributed by atoms with van der Waals surface area (Å²) in [5.41, 5.74) is 0. The molecule has 0 aliphatic carbocycles. The minimum atomic E-state index is -3.30. The monoisotopic (exact) mass is 368 g/mol. The van der Waals surface area contributed by atoms with Gasteiger partial charge in [-0.15, -0.1) is 0 Å². The lowest BCUT2D eigenvalue weighted by atomic mass is 10.1. The van der Waals surface area contributed by atoms with Crippen LogP contribution in [0.4, 0.5) is 22.0 Å². The Morgan fingerprint density at radius 1 is 0.792 bits per heavy atom. The van der Waals surface area contributed by atoms with Gasteiger partial charge in [0.1, 0.15) is 0 Å². The Hall–Kier alpha value is -0.953. The molecule has 0 fully saturated rings. The van der Waals surface area contributed by atoms with Crippen LogP contribution in [-0.4, -0.2) is 14.4 Å². The third-order valence-electron chi connectivity index (χ3n) is 4.11. The minimum absolute atomic E-state index is 0.251. The zero-order valence-electron chi connectivity index (χ0n) is 14.6. The van der Waals surface area contributed by atoms with Gasteiger partial charge in [0.2, 0.25) is 14.1 Å². The summed E-state index contributed by atoms with van der Waals surface area (Å²) in [6, 6.07) is 0. The van der Waals surface area contributed by atoms with Crippen LogP contribution in [0.2, 0.25) is 13.1 Å². The lowest BCUT2D eigenvalue weighted by Crippen LogP contribution is -2.51. The Bertz CT molecular complexity index is 533. The first-order chi connectivity index (χ1) is 11.2. The summed E-state index contributed by atoms with van der Waals surface area (Å²) in [6.07, 6.45) is 5.20. The van der Waals surface area contributed by atoms with Gasteiger partial charge in [0.05, 0.1) is 0 Å². The summed E-state index contributed by atoms with van der Waals surface area (Å²) in [7, 11) is -3.30. The minimum Gasteiger partial charge on any atom is -0.410 e. The van der Waals surface area contributed by atoms with Crippen LogP contribution in [0.5, 0.6) is 0 Å². The molecule has 0 aliphatic heterocycles. The van der Waals surface area contributed by atoms with Gasteiger partial charge in [0.25, 0.3) is 0 Å². The first kappa shape index (κ1) is 21.1. The average molecular weight is 368 g/mol. The summed E-state index contributed by atoms with van der Waals surface area (Å²) in [5, 5.41) is -0.786. The average Bonchev–Trinajstić information content (AvgIpc) is 2.53. The van der Waals surface area contributed by atoms with Gasteiger partial charge in [-0.1, -0.05) is 39.5 Å². The lowest BCUT2D eigenvalue weighted by molar-refractivity contribution is 0.177. The van der Waals surface area contributed by atoms with Gasteiger partial charge in [0.15, 0.2) is 23.3 Å². The smallest absolute Gasteiger partial charge is 0.225 e. The molecule has 1 nitrogen and oxygen atoms in total. The van der Waals surface area contributed by atoms with E-state index in [1.807, 2.05) is 6.92 Å². The van der Waals surface area contributed by atoms with Crippen molar-refractivity contribution in [3.63, 3.8) is 0 Å². The maximum absolute atomic E-state index is 14.0. The summed E-state index contributed by atoms with van der Waals surface area (Å²) in [4.78, 5) is 0. The summed E-state index contributed by atoms with van der Waals surface area (Å²) in [5.74, 6) is -9.51. The van der Waals surface area contributed by atoms with E-state index in [4.69, 9.17) is 4.43 Å². The quantitative estimate of drug-likeness (QED) is 0.182. The summed E-state index contributed by atoms with van der Waals surface area (Å²) >= 11 is 0. The van der Waals surface area contributed by atoms with Crippen LogP contribution < -0.4 is 5.19 Å². The van der Waals surface area contributed by atoms with Crippen molar-refractivity contribution in [2.75, 3.05) is 0 Å². The van der Waals surface area contributed by atoms with E-state index in [1.165, 1.54) is 13.1 Å². The second-order valence-corrected chi connectivity index (χ2v) is 10.2. The number of benzene rings is 1. The van der Waals surface area contributed by atoms with Crippen molar-refractivity contribution in [3.05, 3.63) is 29.1 Å². The molecule has 0 radical (unpaired) electrons. The van der Waals surface area contributed by atoms with Gasteiger partial charge in [-0.05, 0) is 25.9 Å². The molecule has 24 heavy (non-hydrogen) atoms.